The third-order valence-corrected chi connectivity index (χ3v) is 14.1. The number of amidine groups is 1. The van der Waals surface area contributed by atoms with Crippen LogP contribution in [0.15, 0.2) is 66.9 Å². The Balaban J connectivity index is 1.29. The van der Waals surface area contributed by atoms with Gasteiger partial charge in [0.2, 0.25) is 0 Å². The van der Waals surface area contributed by atoms with Crippen molar-refractivity contribution < 1.29 is 56.4 Å². The van der Waals surface area contributed by atoms with Gasteiger partial charge in [-0.15, -0.1) is 0 Å². The number of imidazole rings is 1. The molecule has 0 aliphatic carbocycles. The summed E-state index contributed by atoms with van der Waals surface area (Å²) in [6.07, 6.45) is 21.4. The number of alkyl carbamates (subject to hydrolysis) is 1. The minimum atomic E-state index is -4.79. The minimum absolute atomic E-state index is 0.0704. The summed E-state index contributed by atoms with van der Waals surface area (Å²) in [5.74, 6) is -0.821. The number of rotatable bonds is 40. The van der Waals surface area contributed by atoms with Gasteiger partial charge in [-0.1, -0.05) is 129 Å². The zero-order valence-electron chi connectivity index (χ0n) is 47.4. The van der Waals surface area contributed by atoms with Crippen molar-refractivity contribution in [3.8, 4) is 0 Å². The number of aryl methyl sites for hydroxylation is 1. The van der Waals surface area contributed by atoms with Gasteiger partial charge in [0.25, 0.3) is 13.7 Å². The van der Waals surface area contributed by atoms with E-state index >= 15 is 0 Å². The van der Waals surface area contributed by atoms with Gasteiger partial charge >= 0.3 is 18.0 Å². The van der Waals surface area contributed by atoms with E-state index in [9.17, 15) is 28.6 Å². The Bertz CT molecular complexity index is 2470. The summed E-state index contributed by atoms with van der Waals surface area (Å²) in [5, 5.41) is 14.1. The number of hydrogen-bond acceptors (Lipinski definition) is 15. The molecule has 3 N–H and O–H groups in total. The standard InChI is InChI=1S/C58H89N8O11P/c1-7-9-11-12-13-14-15-16-17-18-19-20-21-22-23-24-29-55(68)77-49(45-76-78(71,72)75-41-39-66(4,5)6)44-74-54(67)36-38-65(52-28-25-26-37-60-52)57(69)47-32-35-51-50(42-47)62-53(64(51)3)43-61-48-33-30-46(31-34-48)56(59)63-58(70)73-40-27-10-8-2/h25-26,28,30-35,37,42,49H,7-24,27,29,36,38-41,43-45H2,1-6H3,(H3-,59,61,63,70,71,72). The first kappa shape index (κ1) is 64.8. The van der Waals surface area contributed by atoms with Crippen molar-refractivity contribution >= 4 is 60.1 Å². The number of quaternary nitrogens is 1. The van der Waals surface area contributed by atoms with E-state index in [1.807, 2.05) is 32.8 Å². The number of amides is 2. The number of fused-ring (bicyclic) bond motifs is 1. The third-order valence-electron chi connectivity index (χ3n) is 13.2. The molecule has 0 aliphatic heterocycles. The number of carbonyl (C=O) groups excluding carboxylic acids is 4. The van der Waals surface area contributed by atoms with Crippen LogP contribution in [0.1, 0.15) is 170 Å². The number of carbonyl (C=O) groups is 4. The van der Waals surface area contributed by atoms with E-state index in [1.54, 1.807) is 60.7 Å². The number of anilines is 2. The van der Waals surface area contributed by atoms with E-state index in [1.165, 1.54) is 88.1 Å². The number of nitrogens with one attached hydrogen (secondary N) is 3. The molecule has 4 rings (SSSR count). The van der Waals surface area contributed by atoms with E-state index in [4.69, 9.17) is 33.7 Å². The van der Waals surface area contributed by atoms with Gasteiger partial charge in [-0.25, -0.2) is 14.8 Å². The number of phosphoric acid groups is 1. The monoisotopic (exact) mass is 1100 g/mol. The summed E-state index contributed by atoms with van der Waals surface area (Å²) in [7, 11) is 2.75. The highest BCUT2D eigenvalue weighted by molar-refractivity contribution is 7.45. The molecule has 0 aliphatic rings. The van der Waals surface area contributed by atoms with Gasteiger partial charge in [0.1, 0.15) is 37.2 Å². The number of esters is 2. The molecule has 0 saturated heterocycles. The Morgan fingerprint density at radius 2 is 1.35 bits per heavy atom. The number of likely N-dealkylation sites (N-methyl/N-ethyl adjacent to an activating group) is 1. The summed E-state index contributed by atoms with van der Waals surface area (Å²) < 4.78 is 41.6. The molecule has 0 radical (unpaired) electrons. The van der Waals surface area contributed by atoms with Crippen molar-refractivity contribution in [2.45, 2.75) is 161 Å². The Morgan fingerprint density at radius 1 is 0.731 bits per heavy atom. The third kappa shape index (κ3) is 25.8. The number of aromatic nitrogens is 3. The normalized spacial score (nSPS) is 12.7. The van der Waals surface area contributed by atoms with Crippen molar-refractivity contribution in [3.63, 3.8) is 0 Å². The molecule has 20 heteroatoms. The second-order valence-corrected chi connectivity index (χ2v) is 22.3. The summed E-state index contributed by atoms with van der Waals surface area (Å²) in [5.41, 5.74) is 2.92. The Labute approximate surface area is 463 Å². The van der Waals surface area contributed by atoms with Crippen LogP contribution in [-0.4, -0.2) is 116 Å². The fourth-order valence-electron chi connectivity index (χ4n) is 8.47. The number of benzene rings is 2. The summed E-state index contributed by atoms with van der Waals surface area (Å²) in [6.45, 7) is 3.99. The minimum Gasteiger partial charge on any atom is -0.756 e. The molecule has 432 valence electrons. The number of unbranched alkanes of at least 4 members (excludes halogenated alkanes) is 17. The molecule has 19 nitrogen and oxygen atoms in total. The quantitative estimate of drug-likeness (QED) is 0.00715. The molecular formula is C58H89N8O11P. The first-order chi connectivity index (χ1) is 37.5. The Morgan fingerprint density at radius 3 is 1.96 bits per heavy atom. The van der Waals surface area contributed by atoms with Crippen LogP contribution in [0, 0.1) is 5.41 Å². The van der Waals surface area contributed by atoms with Crippen molar-refractivity contribution in [2.24, 2.45) is 7.05 Å². The van der Waals surface area contributed by atoms with Crippen LogP contribution in [-0.2, 0) is 51.0 Å². The van der Waals surface area contributed by atoms with E-state index in [2.05, 4.69) is 29.5 Å². The van der Waals surface area contributed by atoms with Gasteiger partial charge in [-0.05, 0) is 67.4 Å². The molecule has 2 heterocycles. The van der Waals surface area contributed by atoms with Gasteiger partial charge in [-0.2, -0.15) is 0 Å². The number of ether oxygens (including phenoxy) is 3. The fourth-order valence-corrected chi connectivity index (χ4v) is 9.20. The largest absolute Gasteiger partial charge is 0.756 e. The van der Waals surface area contributed by atoms with Crippen molar-refractivity contribution in [1.82, 2.24) is 19.9 Å². The van der Waals surface area contributed by atoms with Gasteiger partial charge < -0.3 is 42.5 Å². The SMILES string of the molecule is CCCCCCCCCCCCCCCCCCC(=O)OC(COC(=O)CCN(C(=O)c1ccc2c(c1)nc(CNc1ccc(C(=N)NC(=O)OCCCCC)cc1)n2C)c1ccccn1)COP(=O)([O-])OCC[N+](C)(C)C. The smallest absolute Gasteiger partial charge is 0.412 e. The molecule has 2 aromatic heterocycles. The second kappa shape index (κ2) is 35.7. The van der Waals surface area contributed by atoms with Crippen LogP contribution in [0.2, 0.25) is 0 Å². The molecule has 78 heavy (non-hydrogen) atoms. The van der Waals surface area contributed by atoms with Crippen molar-refractivity contribution in [3.05, 3.63) is 83.8 Å². The lowest BCUT2D eigenvalue weighted by atomic mass is 10.0. The van der Waals surface area contributed by atoms with Gasteiger partial charge in [0, 0.05) is 43.0 Å². The van der Waals surface area contributed by atoms with Crippen LogP contribution >= 0.6 is 7.82 Å². The molecule has 2 unspecified atom stereocenters. The number of pyridine rings is 1. The molecule has 0 spiro atoms. The lowest BCUT2D eigenvalue weighted by Crippen LogP contribution is -2.37. The van der Waals surface area contributed by atoms with Gasteiger partial charge in [0.05, 0.1) is 58.4 Å². The zero-order valence-corrected chi connectivity index (χ0v) is 48.3. The van der Waals surface area contributed by atoms with Crippen LogP contribution < -0.4 is 20.4 Å². The zero-order chi connectivity index (χ0) is 56.6. The average Bonchev–Trinajstić information content (AvgIpc) is 3.75. The highest BCUT2D eigenvalue weighted by Gasteiger charge is 2.25. The Kier molecular flexibility index (Phi) is 29.7. The number of hydrogen-bond donors (Lipinski definition) is 3. The lowest BCUT2D eigenvalue weighted by Gasteiger charge is -2.28. The first-order valence-corrected chi connectivity index (χ1v) is 29.7. The van der Waals surface area contributed by atoms with Crippen LogP contribution in [0.25, 0.3) is 11.0 Å². The fraction of sp³-hybridized carbons (Fsp3) is 0.603. The van der Waals surface area contributed by atoms with Crippen LogP contribution in [0.3, 0.4) is 0 Å². The molecule has 2 aromatic carbocycles. The summed E-state index contributed by atoms with van der Waals surface area (Å²) >= 11 is 0. The topological polar surface area (TPSA) is 236 Å². The predicted molar refractivity (Wildman–Crippen MR) is 303 cm³/mol. The maximum absolute atomic E-state index is 14.3. The van der Waals surface area contributed by atoms with Crippen LogP contribution in [0.4, 0.5) is 16.3 Å². The Hall–Kier alpha value is -5.72. The van der Waals surface area contributed by atoms with Gasteiger partial charge in [0.15, 0.2) is 6.10 Å². The molecule has 2 amide bonds. The highest BCUT2D eigenvalue weighted by atomic mass is 31.2. The maximum atomic E-state index is 14.3. The molecule has 2 atom stereocenters. The number of nitrogens with zero attached hydrogens (tertiary/aromatic N) is 5. The second-order valence-electron chi connectivity index (χ2n) is 20.9. The van der Waals surface area contributed by atoms with Crippen LogP contribution in [0.5, 0.6) is 0 Å². The van der Waals surface area contributed by atoms with Crippen molar-refractivity contribution in [1.29, 1.82) is 5.41 Å². The predicted octanol–water partition coefficient (Wildman–Crippen LogP) is 11.2. The van der Waals surface area contributed by atoms with E-state index in [0.717, 1.165) is 49.7 Å². The van der Waals surface area contributed by atoms with E-state index < -0.39 is 51.1 Å². The number of phosphoric ester groups is 1. The average molecular weight is 1110 g/mol. The van der Waals surface area contributed by atoms with Crippen molar-refractivity contribution in [2.75, 3.05) is 70.9 Å². The summed E-state index contributed by atoms with van der Waals surface area (Å²) in [6, 6.07) is 17.3. The van der Waals surface area contributed by atoms with E-state index in [0.29, 0.717) is 58.9 Å². The molecular weight excluding hydrogens is 1020 g/mol. The maximum Gasteiger partial charge on any atom is 0.412 e. The molecule has 0 saturated carbocycles. The molecule has 0 fully saturated rings. The van der Waals surface area contributed by atoms with Gasteiger partial charge in [-0.3, -0.25) is 34.6 Å². The van der Waals surface area contributed by atoms with E-state index in [-0.39, 0.29) is 31.8 Å². The first-order valence-electron chi connectivity index (χ1n) is 28.3. The molecule has 4 aromatic rings. The lowest BCUT2D eigenvalue weighted by molar-refractivity contribution is -0.870. The highest BCUT2D eigenvalue weighted by Crippen LogP contribution is 2.38. The molecule has 0 bridgehead atoms. The summed E-state index contributed by atoms with van der Waals surface area (Å²) in [4.78, 5) is 76.0.